The maximum atomic E-state index is 4.55. The van der Waals surface area contributed by atoms with Gasteiger partial charge < -0.3 is 9.80 Å². The molecule has 0 aliphatic carbocycles. The van der Waals surface area contributed by atoms with Gasteiger partial charge in [0.2, 0.25) is 0 Å². The normalized spacial score (nSPS) is 10.5. The summed E-state index contributed by atoms with van der Waals surface area (Å²) in [4.78, 5) is 13.5. The van der Waals surface area contributed by atoms with Crippen LogP contribution in [0.5, 0.6) is 0 Å². The summed E-state index contributed by atoms with van der Waals surface area (Å²) in [5.74, 6) is 1.87. The van der Waals surface area contributed by atoms with Gasteiger partial charge in [0, 0.05) is 31.4 Å². The molecule has 0 saturated heterocycles. The van der Waals surface area contributed by atoms with Crippen LogP contribution >= 0.6 is 0 Å². The topological polar surface area (TPSA) is 32.3 Å². The molecule has 0 amide bonds. The van der Waals surface area contributed by atoms with Crippen molar-refractivity contribution in [1.29, 1.82) is 0 Å². The average Bonchev–Trinajstić information content (AvgIpc) is 2.69. The molecule has 0 atom stereocenters. The lowest BCUT2D eigenvalue weighted by atomic mass is 10.2. The number of anilines is 3. The fourth-order valence-electron chi connectivity index (χ4n) is 2.88. The minimum Gasteiger partial charge on any atom is -0.357 e. The van der Waals surface area contributed by atoms with Crippen molar-refractivity contribution in [1.82, 2.24) is 9.97 Å². The molecular weight excluding hydrogens is 308 g/mol. The smallest absolute Gasteiger partial charge is 0.138 e. The zero-order chi connectivity index (χ0) is 17.5. The number of aromatic nitrogens is 2. The molecule has 0 fully saturated rings. The molecule has 0 spiro atoms. The van der Waals surface area contributed by atoms with Crippen LogP contribution in [0.25, 0.3) is 0 Å². The van der Waals surface area contributed by atoms with Crippen LogP contribution in [0.1, 0.15) is 19.4 Å². The van der Waals surface area contributed by atoms with Crippen molar-refractivity contribution in [3.05, 3.63) is 78.6 Å². The molecule has 1 aromatic heterocycles. The monoisotopic (exact) mass is 332 g/mol. The van der Waals surface area contributed by atoms with Crippen LogP contribution in [0, 0.1) is 0 Å². The van der Waals surface area contributed by atoms with Gasteiger partial charge in [-0.2, -0.15) is 0 Å². The second-order valence-electron chi connectivity index (χ2n) is 5.81. The average molecular weight is 332 g/mol. The molecule has 0 radical (unpaired) electrons. The van der Waals surface area contributed by atoms with Gasteiger partial charge in [-0.15, -0.1) is 0 Å². The van der Waals surface area contributed by atoms with E-state index in [9.17, 15) is 0 Å². The number of hydrogen-bond donors (Lipinski definition) is 0. The molecule has 0 bridgehead atoms. The van der Waals surface area contributed by atoms with E-state index in [2.05, 4.69) is 88.2 Å². The number of para-hydroxylation sites is 1. The zero-order valence-electron chi connectivity index (χ0n) is 14.8. The predicted octanol–water partition coefficient (Wildman–Crippen LogP) is 4.66. The first-order chi connectivity index (χ1) is 12.3. The zero-order valence-corrected chi connectivity index (χ0v) is 14.8. The van der Waals surface area contributed by atoms with Gasteiger partial charge in [-0.25, -0.2) is 9.97 Å². The van der Waals surface area contributed by atoms with Crippen molar-refractivity contribution in [3.8, 4) is 0 Å². The van der Waals surface area contributed by atoms with Gasteiger partial charge in [-0.1, -0.05) is 48.5 Å². The Morgan fingerprint density at radius 2 is 1.36 bits per heavy atom. The van der Waals surface area contributed by atoms with Crippen molar-refractivity contribution < 1.29 is 0 Å². The van der Waals surface area contributed by atoms with E-state index in [1.807, 2.05) is 12.1 Å². The highest BCUT2D eigenvalue weighted by atomic mass is 15.2. The van der Waals surface area contributed by atoms with Gasteiger partial charge in [0.05, 0.1) is 0 Å². The molecule has 25 heavy (non-hydrogen) atoms. The minimum absolute atomic E-state index is 0.763. The van der Waals surface area contributed by atoms with Crippen LogP contribution < -0.4 is 9.80 Å². The Balaban J connectivity index is 1.98. The molecule has 0 N–H and O–H groups in total. The second kappa shape index (κ2) is 8.29. The number of nitrogens with zero attached hydrogens (tertiary/aromatic N) is 4. The first-order valence-corrected chi connectivity index (χ1v) is 8.75. The summed E-state index contributed by atoms with van der Waals surface area (Å²) in [6.07, 6.45) is 1.66. The third-order valence-electron chi connectivity index (χ3n) is 4.25. The van der Waals surface area contributed by atoms with Gasteiger partial charge in [-0.05, 0) is 31.5 Å². The Morgan fingerprint density at radius 1 is 0.760 bits per heavy atom. The lowest BCUT2D eigenvalue weighted by molar-refractivity contribution is 0.836. The Morgan fingerprint density at radius 3 is 2.00 bits per heavy atom. The molecule has 4 nitrogen and oxygen atoms in total. The SMILES string of the molecule is CCN(CC)c1cc(N(Cc2ccccc2)c2ccccc2)ncn1. The van der Waals surface area contributed by atoms with Crippen molar-refractivity contribution >= 4 is 17.3 Å². The molecular formula is C21H24N4. The standard InChI is InChI=1S/C21H24N4/c1-3-24(4-2)20-15-21(23-17-22-20)25(19-13-9-6-10-14-19)16-18-11-7-5-8-12-18/h5-15,17H,3-4,16H2,1-2H3. The van der Waals surface area contributed by atoms with Crippen LogP contribution in [0.4, 0.5) is 17.3 Å². The van der Waals surface area contributed by atoms with E-state index >= 15 is 0 Å². The van der Waals surface area contributed by atoms with Crippen LogP contribution in [0.3, 0.4) is 0 Å². The Labute approximate surface area is 149 Å². The summed E-state index contributed by atoms with van der Waals surface area (Å²) in [7, 11) is 0. The van der Waals surface area contributed by atoms with E-state index < -0.39 is 0 Å². The summed E-state index contributed by atoms with van der Waals surface area (Å²) < 4.78 is 0. The first kappa shape index (κ1) is 17.0. The highest BCUT2D eigenvalue weighted by Gasteiger charge is 2.14. The van der Waals surface area contributed by atoms with E-state index in [0.29, 0.717) is 0 Å². The number of benzene rings is 2. The van der Waals surface area contributed by atoms with Gasteiger partial charge in [0.25, 0.3) is 0 Å². The van der Waals surface area contributed by atoms with Crippen LogP contribution in [-0.2, 0) is 6.54 Å². The summed E-state index contributed by atoms with van der Waals surface area (Å²) in [5, 5.41) is 0. The molecule has 3 rings (SSSR count). The fraction of sp³-hybridized carbons (Fsp3) is 0.238. The highest BCUT2D eigenvalue weighted by molar-refractivity contribution is 5.62. The first-order valence-electron chi connectivity index (χ1n) is 8.75. The fourth-order valence-corrected chi connectivity index (χ4v) is 2.88. The second-order valence-corrected chi connectivity index (χ2v) is 5.81. The molecule has 0 aliphatic rings. The highest BCUT2D eigenvalue weighted by Crippen LogP contribution is 2.27. The van der Waals surface area contributed by atoms with Crippen molar-refractivity contribution in [3.63, 3.8) is 0 Å². The molecule has 0 saturated carbocycles. The van der Waals surface area contributed by atoms with E-state index in [4.69, 9.17) is 0 Å². The Bertz CT molecular complexity index is 770. The van der Waals surface area contributed by atoms with E-state index in [1.54, 1.807) is 6.33 Å². The van der Waals surface area contributed by atoms with Crippen LogP contribution in [0.2, 0.25) is 0 Å². The van der Waals surface area contributed by atoms with Crippen molar-refractivity contribution in [2.24, 2.45) is 0 Å². The Kier molecular flexibility index (Phi) is 5.62. The molecule has 4 heteroatoms. The van der Waals surface area contributed by atoms with Crippen molar-refractivity contribution in [2.45, 2.75) is 20.4 Å². The lowest BCUT2D eigenvalue weighted by Crippen LogP contribution is -2.24. The van der Waals surface area contributed by atoms with E-state index in [1.165, 1.54) is 5.56 Å². The summed E-state index contributed by atoms with van der Waals surface area (Å²) in [6.45, 7) is 6.90. The van der Waals surface area contributed by atoms with Crippen LogP contribution in [0.15, 0.2) is 73.1 Å². The maximum Gasteiger partial charge on any atom is 0.138 e. The number of hydrogen-bond acceptors (Lipinski definition) is 4. The largest absolute Gasteiger partial charge is 0.357 e. The molecule has 1 heterocycles. The predicted molar refractivity (Wildman–Crippen MR) is 104 cm³/mol. The summed E-state index contributed by atoms with van der Waals surface area (Å²) >= 11 is 0. The van der Waals surface area contributed by atoms with Gasteiger partial charge in [0.15, 0.2) is 0 Å². The molecule has 2 aromatic carbocycles. The molecule has 128 valence electrons. The molecule has 0 aliphatic heterocycles. The maximum absolute atomic E-state index is 4.55. The minimum atomic E-state index is 0.763. The third-order valence-corrected chi connectivity index (χ3v) is 4.25. The van der Waals surface area contributed by atoms with Crippen LogP contribution in [-0.4, -0.2) is 23.1 Å². The van der Waals surface area contributed by atoms with E-state index in [0.717, 1.165) is 37.0 Å². The third kappa shape index (κ3) is 4.15. The van der Waals surface area contributed by atoms with Crippen molar-refractivity contribution in [2.75, 3.05) is 22.9 Å². The van der Waals surface area contributed by atoms with Gasteiger partial charge in [-0.3, -0.25) is 0 Å². The summed E-state index contributed by atoms with van der Waals surface area (Å²) in [6, 6.07) is 22.9. The summed E-state index contributed by atoms with van der Waals surface area (Å²) in [5.41, 5.74) is 2.37. The van der Waals surface area contributed by atoms with Gasteiger partial charge >= 0.3 is 0 Å². The molecule has 0 unspecified atom stereocenters. The number of rotatable bonds is 7. The van der Waals surface area contributed by atoms with Gasteiger partial charge in [0.1, 0.15) is 18.0 Å². The lowest BCUT2D eigenvalue weighted by Gasteiger charge is -2.26. The van der Waals surface area contributed by atoms with E-state index in [-0.39, 0.29) is 0 Å². The Hall–Kier alpha value is -2.88. The molecule has 3 aromatic rings. The quantitative estimate of drug-likeness (QED) is 0.630.